The lowest BCUT2D eigenvalue weighted by Gasteiger charge is -2.21. The van der Waals surface area contributed by atoms with Crippen molar-refractivity contribution in [3.05, 3.63) is 88.4 Å². The van der Waals surface area contributed by atoms with Crippen molar-refractivity contribution in [1.82, 2.24) is 19.9 Å². The molecule has 0 atom stereocenters. The molecule has 0 aliphatic rings. The van der Waals surface area contributed by atoms with Gasteiger partial charge in [0.1, 0.15) is 4.60 Å². The van der Waals surface area contributed by atoms with Crippen molar-refractivity contribution >= 4 is 15.9 Å². The highest BCUT2D eigenvalue weighted by molar-refractivity contribution is 9.10. The molecular weight excluding hydrogens is 371 g/mol. The lowest BCUT2D eigenvalue weighted by molar-refractivity contribution is 0.238. The van der Waals surface area contributed by atoms with Gasteiger partial charge in [0, 0.05) is 25.8 Å². The van der Waals surface area contributed by atoms with E-state index in [2.05, 4.69) is 35.8 Å². The Morgan fingerprint density at radius 2 is 1.46 bits per heavy atom. The summed E-state index contributed by atoms with van der Waals surface area (Å²) in [6.45, 7) is 1.77. The molecule has 3 aromatic heterocycles. The predicted molar refractivity (Wildman–Crippen MR) is 93.3 cm³/mol. The molecule has 0 amide bonds. The summed E-state index contributed by atoms with van der Waals surface area (Å²) in [6.07, 6.45) is 1.77. The van der Waals surface area contributed by atoms with Crippen LogP contribution in [0.25, 0.3) is 0 Å². The number of hydrogen-bond acceptors (Lipinski definition) is 4. The molecule has 4 nitrogen and oxygen atoms in total. The highest BCUT2D eigenvalue weighted by atomic mass is 79.9. The lowest BCUT2D eigenvalue weighted by Crippen LogP contribution is -2.24. The van der Waals surface area contributed by atoms with Crippen LogP contribution in [0, 0.1) is 5.95 Å². The van der Waals surface area contributed by atoms with Crippen LogP contribution in [0.2, 0.25) is 0 Å². The Morgan fingerprint density at radius 3 is 2.12 bits per heavy atom. The van der Waals surface area contributed by atoms with Gasteiger partial charge in [-0.2, -0.15) is 4.39 Å². The predicted octanol–water partition coefficient (Wildman–Crippen LogP) is 3.98. The van der Waals surface area contributed by atoms with Gasteiger partial charge < -0.3 is 0 Å². The van der Waals surface area contributed by atoms with E-state index in [0.717, 1.165) is 16.0 Å². The van der Waals surface area contributed by atoms with Crippen LogP contribution in [0.15, 0.2) is 65.4 Å². The third-order valence-electron chi connectivity index (χ3n) is 3.43. The number of aromatic nitrogens is 3. The summed E-state index contributed by atoms with van der Waals surface area (Å²) < 4.78 is 14.2. The molecule has 6 heteroatoms. The van der Waals surface area contributed by atoms with Gasteiger partial charge in [-0.1, -0.05) is 18.2 Å². The maximum absolute atomic E-state index is 13.4. The molecule has 0 aliphatic heterocycles. The van der Waals surface area contributed by atoms with E-state index >= 15 is 0 Å². The van der Waals surface area contributed by atoms with E-state index in [-0.39, 0.29) is 0 Å². The Hall–Kier alpha value is -2.18. The van der Waals surface area contributed by atoms with Crippen LogP contribution in [0.4, 0.5) is 4.39 Å². The largest absolute Gasteiger partial charge is 0.286 e. The zero-order chi connectivity index (χ0) is 16.8. The van der Waals surface area contributed by atoms with Gasteiger partial charge in [0.15, 0.2) is 0 Å². The summed E-state index contributed by atoms with van der Waals surface area (Å²) in [4.78, 5) is 14.9. The minimum atomic E-state index is -0.467. The van der Waals surface area contributed by atoms with Crippen LogP contribution in [-0.2, 0) is 19.6 Å². The summed E-state index contributed by atoms with van der Waals surface area (Å²) in [5.74, 6) is -0.467. The first-order valence-corrected chi connectivity index (χ1v) is 8.33. The first-order valence-electron chi connectivity index (χ1n) is 7.54. The third kappa shape index (κ3) is 4.91. The first-order chi connectivity index (χ1) is 11.7. The normalized spacial score (nSPS) is 11.0. The molecule has 0 radical (unpaired) electrons. The standard InChI is InChI=1S/C18H16BrFN4/c19-17-8-3-6-15(22-17)12-24(11-14-5-1-2-10-21-14)13-16-7-4-9-18(20)23-16/h1-10H,11-13H2. The molecule has 0 unspecified atom stereocenters. The molecule has 122 valence electrons. The van der Waals surface area contributed by atoms with Gasteiger partial charge >= 0.3 is 0 Å². The number of rotatable bonds is 6. The Kier molecular flexibility index (Phi) is 5.61. The topological polar surface area (TPSA) is 41.9 Å². The van der Waals surface area contributed by atoms with E-state index in [1.165, 1.54) is 6.07 Å². The third-order valence-corrected chi connectivity index (χ3v) is 3.87. The second-order valence-corrected chi connectivity index (χ2v) is 6.18. The first kappa shape index (κ1) is 16.7. The van der Waals surface area contributed by atoms with Crippen molar-refractivity contribution in [3.8, 4) is 0 Å². The minimum Gasteiger partial charge on any atom is -0.286 e. The van der Waals surface area contributed by atoms with E-state index in [1.807, 2.05) is 42.5 Å². The van der Waals surface area contributed by atoms with Gasteiger partial charge in [-0.25, -0.2) is 9.97 Å². The fourth-order valence-corrected chi connectivity index (χ4v) is 2.80. The molecule has 3 aromatic rings. The molecule has 0 spiro atoms. The van der Waals surface area contributed by atoms with Crippen LogP contribution in [0.3, 0.4) is 0 Å². The quantitative estimate of drug-likeness (QED) is 0.601. The van der Waals surface area contributed by atoms with Crippen LogP contribution >= 0.6 is 15.9 Å². The second kappa shape index (κ2) is 8.08. The number of halogens is 2. The molecule has 3 heterocycles. The fraction of sp³-hybridized carbons (Fsp3) is 0.167. The van der Waals surface area contributed by atoms with Gasteiger partial charge in [-0.15, -0.1) is 0 Å². The van der Waals surface area contributed by atoms with Gasteiger partial charge in [0.05, 0.1) is 17.1 Å². The highest BCUT2D eigenvalue weighted by Gasteiger charge is 2.11. The molecule has 0 aromatic carbocycles. The highest BCUT2D eigenvalue weighted by Crippen LogP contribution is 2.13. The summed E-state index contributed by atoms with van der Waals surface area (Å²) >= 11 is 3.39. The van der Waals surface area contributed by atoms with Crippen molar-refractivity contribution in [2.45, 2.75) is 19.6 Å². The number of pyridine rings is 3. The van der Waals surface area contributed by atoms with E-state index in [0.29, 0.717) is 25.3 Å². The van der Waals surface area contributed by atoms with Crippen LogP contribution in [-0.4, -0.2) is 19.9 Å². The van der Waals surface area contributed by atoms with E-state index in [4.69, 9.17) is 0 Å². The molecule has 0 saturated carbocycles. The fourth-order valence-electron chi connectivity index (χ4n) is 2.42. The molecule has 0 N–H and O–H groups in total. The Labute approximate surface area is 148 Å². The van der Waals surface area contributed by atoms with E-state index < -0.39 is 5.95 Å². The van der Waals surface area contributed by atoms with Gasteiger partial charge in [-0.3, -0.25) is 9.88 Å². The molecule has 0 saturated heterocycles. The smallest absolute Gasteiger partial charge is 0.213 e. The summed E-state index contributed by atoms with van der Waals surface area (Å²) in [7, 11) is 0. The van der Waals surface area contributed by atoms with E-state index in [9.17, 15) is 4.39 Å². The van der Waals surface area contributed by atoms with E-state index in [1.54, 1.807) is 12.3 Å². The van der Waals surface area contributed by atoms with Crippen LogP contribution in [0.5, 0.6) is 0 Å². The van der Waals surface area contributed by atoms with Crippen molar-refractivity contribution in [1.29, 1.82) is 0 Å². The van der Waals surface area contributed by atoms with Crippen molar-refractivity contribution in [3.63, 3.8) is 0 Å². The van der Waals surface area contributed by atoms with Crippen molar-refractivity contribution in [2.75, 3.05) is 0 Å². The molecular formula is C18H16BrFN4. The zero-order valence-corrected chi connectivity index (χ0v) is 14.5. The molecule has 0 bridgehead atoms. The number of nitrogens with zero attached hydrogens (tertiary/aromatic N) is 4. The van der Waals surface area contributed by atoms with Crippen LogP contribution < -0.4 is 0 Å². The Bertz CT molecular complexity index is 750. The summed E-state index contributed by atoms with van der Waals surface area (Å²) in [5.41, 5.74) is 2.56. The average molecular weight is 387 g/mol. The monoisotopic (exact) mass is 386 g/mol. The molecule has 24 heavy (non-hydrogen) atoms. The second-order valence-electron chi connectivity index (χ2n) is 5.37. The van der Waals surface area contributed by atoms with Crippen molar-refractivity contribution in [2.24, 2.45) is 0 Å². The van der Waals surface area contributed by atoms with Gasteiger partial charge in [-0.05, 0) is 52.3 Å². The molecule has 3 rings (SSSR count). The minimum absolute atomic E-state index is 0.467. The SMILES string of the molecule is Fc1cccc(CN(Cc2ccccn2)Cc2cccc(Br)n2)n1. The maximum atomic E-state index is 13.4. The van der Waals surface area contributed by atoms with Crippen molar-refractivity contribution < 1.29 is 4.39 Å². The molecule has 0 aliphatic carbocycles. The van der Waals surface area contributed by atoms with Gasteiger partial charge in [0.2, 0.25) is 5.95 Å². The summed E-state index contributed by atoms with van der Waals surface area (Å²) in [6, 6.07) is 16.5. The Morgan fingerprint density at radius 1 is 0.792 bits per heavy atom. The average Bonchev–Trinajstić information content (AvgIpc) is 2.56. The van der Waals surface area contributed by atoms with Gasteiger partial charge in [0.25, 0.3) is 0 Å². The summed E-state index contributed by atoms with van der Waals surface area (Å²) in [5, 5.41) is 0. The zero-order valence-electron chi connectivity index (χ0n) is 12.9. The number of hydrogen-bond donors (Lipinski definition) is 0. The van der Waals surface area contributed by atoms with Crippen LogP contribution in [0.1, 0.15) is 17.1 Å². The maximum Gasteiger partial charge on any atom is 0.213 e. The molecule has 0 fully saturated rings. The Balaban J connectivity index is 1.80. The lowest BCUT2D eigenvalue weighted by atomic mass is 10.2.